The first-order chi connectivity index (χ1) is 14.3. The molecule has 0 aromatic heterocycles. The summed E-state index contributed by atoms with van der Waals surface area (Å²) in [5.41, 5.74) is 4.30. The van der Waals surface area contributed by atoms with Gasteiger partial charge < -0.3 is 14.2 Å². The van der Waals surface area contributed by atoms with Crippen molar-refractivity contribution in [2.45, 2.75) is 18.7 Å². The van der Waals surface area contributed by atoms with Crippen LogP contribution >= 0.6 is 15.9 Å². The van der Waals surface area contributed by atoms with Gasteiger partial charge in [0.2, 0.25) is 13.0 Å². The Labute approximate surface area is 176 Å². The predicted octanol–water partition coefficient (Wildman–Crippen LogP) is 5.42. The Balaban J connectivity index is 1.44. The lowest BCUT2D eigenvalue weighted by Gasteiger charge is -2.38. The summed E-state index contributed by atoms with van der Waals surface area (Å²) >= 11 is 3.57. The van der Waals surface area contributed by atoms with Crippen molar-refractivity contribution < 1.29 is 14.2 Å². The summed E-state index contributed by atoms with van der Waals surface area (Å²) in [6.45, 7) is 0.270. The van der Waals surface area contributed by atoms with E-state index in [2.05, 4.69) is 45.2 Å². The molecule has 3 aromatic rings. The molecular weight excluding hydrogens is 432 g/mol. The van der Waals surface area contributed by atoms with E-state index in [-0.39, 0.29) is 19.1 Å². The van der Waals surface area contributed by atoms with Crippen molar-refractivity contribution in [2.24, 2.45) is 5.10 Å². The lowest BCUT2D eigenvalue weighted by molar-refractivity contribution is -0.0190. The minimum absolute atomic E-state index is 0.129. The lowest BCUT2D eigenvalue weighted by atomic mass is 9.96. The van der Waals surface area contributed by atoms with E-state index in [1.807, 2.05) is 42.5 Å². The molecule has 0 radical (unpaired) electrons. The molecule has 0 saturated heterocycles. The van der Waals surface area contributed by atoms with Gasteiger partial charge in [-0.1, -0.05) is 46.3 Å². The Bertz CT molecular complexity index is 1150. The number of nitrogens with zero attached hydrogens (tertiary/aromatic N) is 2. The first-order valence-corrected chi connectivity index (χ1v) is 10.3. The van der Waals surface area contributed by atoms with Crippen molar-refractivity contribution in [3.63, 3.8) is 0 Å². The van der Waals surface area contributed by atoms with Gasteiger partial charge in [-0.3, -0.25) is 0 Å². The molecule has 0 aliphatic carbocycles. The second-order valence-electron chi connectivity index (χ2n) is 7.28. The summed E-state index contributed by atoms with van der Waals surface area (Å²) in [5, 5.41) is 7.09. The monoisotopic (exact) mass is 448 g/mol. The molecule has 2 atom stereocenters. The molecule has 3 aliphatic heterocycles. The van der Waals surface area contributed by atoms with Crippen molar-refractivity contribution in [3.8, 4) is 17.2 Å². The van der Waals surface area contributed by atoms with Crippen molar-refractivity contribution >= 4 is 21.6 Å². The van der Waals surface area contributed by atoms with E-state index in [0.717, 1.165) is 45.0 Å². The highest BCUT2D eigenvalue weighted by molar-refractivity contribution is 9.10. The number of benzene rings is 3. The number of hydrogen-bond donors (Lipinski definition) is 0. The fourth-order valence-electron chi connectivity index (χ4n) is 4.16. The van der Waals surface area contributed by atoms with E-state index in [1.165, 1.54) is 5.56 Å². The molecule has 0 N–H and O–H groups in total. The number of hydrogen-bond acceptors (Lipinski definition) is 5. The molecule has 144 valence electrons. The Morgan fingerprint density at radius 1 is 0.897 bits per heavy atom. The third-order valence-electron chi connectivity index (χ3n) is 5.54. The van der Waals surface area contributed by atoms with Gasteiger partial charge >= 0.3 is 0 Å². The second kappa shape index (κ2) is 6.52. The summed E-state index contributed by atoms with van der Waals surface area (Å²) < 4.78 is 18.4. The van der Waals surface area contributed by atoms with Crippen molar-refractivity contribution in [1.29, 1.82) is 0 Å². The largest absolute Gasteiger partial charge is 0.464 e. The molecule has 0 unspecified atom stereocenters. The molecule has 0 fully saturated rings. The average molecular weight is 449 g/mol. The smallest absolute Gasteiger partial charge is 0.231 e. The van der Waals surface area contributed by atoms with E-state index >= 15 is 0 Å². The van der Waals surface area contributed by atoms with Crippen LogP contribution in [0.3, 0.4) is 0 Å². The summed E-state index contributed by atoms with van der Waals surface area (Å²) in [6.07, 6.45) is 0.531. The average Bonchev–Trinajstić information content (AvgIpc) is 3.40. The van der Waals surface area contributed by atoms with Crippen LogP contribution in [0, 0.1) is 0 Å². The highest BCUT2D eigenvalue weighted by atomic mass is 79.9. The molecule has 6 rings (SSSR count). The predicted molar refractivity (Wildman–Crippen MR) is 112 cm³/mol. The Kier molecular flexibility index (Phi) is 3.81. The molecule has 3 aliphatic rings. The Morgan fingerprint density at radius 2 is 1.79 bits per heavy atom. The maximum Gasteiger partial charge on any atom is 0.231 e. The summed E-state index contributed by atoms with van der Waals surface area (Å²) in [7, 11) is 0. The maximum atomic E-state index is 6.40. The summed E-state index contributed by atoms with van der Waals surface area (Å²) in [6, 6.07) is 22.6. The van der Waals surface area contributed by atoms with E-state index in [4.69, 9.17) is 19.3 Å². The fourth-order valence-corrected chi connectivity index (χ4v) is 4.58. The van der Waals surface area contributed by atoms with Gasteiger partial charge in [-0.15, -0.1) is 0 Å². The van der Waals surface area contributed by atoms with E-state index in [0.29, 0.717) is 0 Å². The summed E-state index contributed by atoms with van der Waals surface area (Å²) in [5.74, 6) is 2.47. The van der Waals surface area contributed by atoms with Gasteiger partial charge in [-0.05, 0) is 36.4 Å². The van der Waals surface area contributed by atoms with Crippen LogP contribution in [0.25, 0.3) is 0 Å². The minimum Gasteiger partial charge on any atom is -0.464 e. The minimum atomic E-state index is -0.279. The van der Waals surface area contributed by atoms with Gasteiger partial charge in [0.25, 0.3) is 0 Å². The van der Waals surface area contributed by atoms with E-state index < -0.39 is 0 Å². The molecule has 0 saturated carbocycles. The van der Waals surface area contributed by atoms with Crippen LogP contribution in [-0.2, 0) is 0 Å². The lowest BCUT2D eigenvalue weighted by Crippen LogP contribution is -2.33. The molecule has 29 heavy (non-hydrogen) atoms. The van der Waals surface area contributed by atoms with Gasteiger partial charge in [-0.25, -0.2) is 5.01 Å². The van der Waals surface area contributed by atoms with Gasteiger partial charge in [0.1, 0.15) is 5.75 Å². The Morgan fingerprint density at radius 3 is 2.72 bits per heavy atom. The maximum absolute atomic E-state index is 6.40. The SMILES string of the molecule is Brc1cccc([C@@H]2Oc3ccccc3[C@@H]3CC(c4ccc5c(c4)OCO5)=NN32)c1. The number of ether oxygens (including phenoxy) is 3. The van der Waals surface area contributed by atoms with Crippen LogP contribution in [0.4, 0.5) is 0 Å². The van der Waals surface area contributed by atoms with Gasteiger partial charge in [0, 0.05) is 27.6 Å². The highest BCUT2D eigenvalue weighted by Crippen LogP contribution is 2.48. The van der Waals surface area contributed by atoms with Crippen molar-refractivity contribution in [1.82, 2.24) is 5.01 Å². The van der Waals surface area contributed by atoms with Crippen LogP contribution in [0.5, 0.6) is 17.2 Å². The van der Waals surface area contributed by atoms with Crippen LogP contribution in [0.15, 0.2) is 76.3 Å². The number of fused-ring (bicyclic) bond motifs is 4. The van der Waals surface area contributed by atoms with E-state index in [9.17, 15) is 0 Å². The molecule has 0 bridgehead atoms. The first-order valence-electron chi connectivity index (χ1n) is 9.53. The third kappa shape index (κ3) is 2.78. The van der Waals surface area contributed by atoms with Crippen LogP contribution in [0.1, 0.15) is 35.4 Å². The Hall–Kier alpha value is -2.99. The molecular formula is C23H17BrN2O3. The first kappa shape index (κ1) is 16.9. The van der Waals surface area contributed by atoms with Crippen LogP contribution in [-0.4, -0.2) is 17.5 Å². The van der Waals surface area contributed by atoms with Gasteiger partial charge in [-0.2, -0.15) is 5.10 Å². The van der Waals surface area contributed by atoms with Gasteiger partial charge in [0.15, 0.2) is 11.5 Å². The molecule has 6 heteroatoms. The topological polar surface area (TPSA) is 43.3 Å². The number of para-hydroxylation sites is 1. The van der Waals surface area contributed by atoms with E-state index in [1.54, 1.807) is 0 Å². The summed E-state index contributed by atoms with van der Waals surface area (Å²) in [4.78, 5) is 0. The van der Waals surface area contributed by atoms with Crippen molar-refractivity contribution in [2.75, 3.05) is 6.79 Å². The van der Waals surface area contributed by atoms with Crippen LogP contribution < -0.4 is 14.2 Å². The molecule has 0 spiro atoms. The highest BCUT2D eigenvalue weighted by Gasteiger charge is 2.41. The second-order valence-corrected chi connectivity index (χ2v) is 8.19. The number of rotatable bonds is 2. The molecule has 5 nitrogen and oxygen atoms in total. The van der Waals surface area contributed by atoms with Crippen molar-refractivity contribution in [3.05, 3.63) is 87.9 Å². The van der Waals surface area contributed by atoms with Crippen LogP contribution in [0.2, 0.25) is 0 Å². The normalized spacial score (nSPS) is 21.3. The molecule has 3 aromatic carbocycles. The molecule has 0 amide bonds. The molecule has 3 heterocycles. The quantitative estimate of drug-likeness (QED) is 0.524. The third-order valence-corrected chi connectivity index (χ3v) is 6.03. The zero-order valence-corrected chi connectivity index (χ0v) is 17.0. The number of halogens is 1. The fraction of sp³-hybridized carbons (Fsp3) is 0.174. The standard InChI is InChI=1S/C23H17BrN2O3/c24-16-5-3-4-15(10-16)23-26-19(17-6-1-2-7-20(17)29-23)12-18(25-26)14-8-9-21-22(11-14)28-13-27-21/h1-11,19,23H,12-13H2/t19-,23-/m0/s1. The zero-order chi connectivity index (χ0) is 19.4. The zero-order valence-electron chi connectivity index (χ0n) is 15.4. The van der Waals surface area contributed by atoms with Gasteiger partial charge in [0.05, 0.1) is 11.8 Å². The number of hydrazone groups is 1.